The molecule has 120 valence electrons. The summed E-state index contributed by atoms with van der Waals surface area (Å²) in [7, 11) is 1.28. The highest BCUT2D eigenvalue weighted by atomic mass is 16.5. The Balaban J connectivity index is 2.19. The first kappa shape index (κ1) is 16.3. The van der Waals surface area contributed by atoms with Gasteiger partial charge in [0.25, 0.3) is 5.91 Å². The van der Waals surface area contributed by atoms with Crippen molar-refractivity contribution in [2.24, 2.45) is 0 Å². The van der Waals surface area contributed by atoms with Crippen LogP contribution in [0, 0.1) is 0 Å². The highest BCUT2D eigenvalue weighted by molar-refractivity contribution is 5.96. The van der Waals surface area contributed by atoms with Crippen LogP contribution >= 0.6 is 0 Å². The van der Waals surface area contributed by atoms with Crippen molar-refractivity contribution >= 4 is 17.7 Å². The molecule has 22 heavy (non-hydrogen) atoms. The van der Waals surface area contributed by atoms with Crippen LogP contribution in [0.3, 0.4) is 0 Å². The second-order valence-corrected chi connectivity index (χ2v) is 6.01. The van der Waals surface area contributed by atoms with Crippen LogP contribution < -0.4 is 5.32 Å². The fraction of sp³-hybridized carbons (Fsp3) is 0.500. The van der Waals surface area contributed by atoms with Crippen LogP contribution in [0.2, 0.25) is 0 Å². The predicted molar refractivity (Wildman–Crippen MR) is 82.8 cm³/mol. The maximum Gasteiger partial charge on any atom is 0.411 e. The minimum atomic E-state index is -0.936. The van der Waals surface area contributed by atoms with Crippen LogP contribution in [0.4, 0.5) is 10.5 Å². The summed E-state index contributed by atoms with van der Waals surface area (Å²) in [5, 5.41) is 12.8. The zero-order valence-electron chi connectivity index (χ0n) is 13.1. The number of aliphatic hydroxyl groups is 1. The highest BCUT2D eigenvalue weighted by Gasteiger charge is 2.38. The molecular formula is C16H22N2O4. The van der Waals surface area contributed by atoms with Crippen molar-refractivity contribution < 1.29 is 19.4 Å². The van der Waals surface area contributed by atoms with E-state index in [0.29, 0.717) is 17.8 Å². The Hall–Kier alpha value is -2.08. The van der Waals surface area contributed by atoms with Crippen molar-refractivity contribution in [3.05, 3.63) is 29.8 Å². The first-order valence-corrected chi connectivity index (χ1v) is 7.31. The zero-order valence-corrected chi connectivity index (χ0v) is 13.1. The topological polar surface area (TPSA) is 78.9 Å². The van der Waals surface area contributed by atoms with Crippen LogP contribution in [-0.2, 0) is 4.74 Å². The SMILES string of the molecule is COC(=O)Nc1cccc(C(=O)N2CCC[C@@H]2C(C)(C)O)c1. The number of methoxy groups -OCH3 is 1. The molecule has 0 bridgehead atoms. The normalized spacial score (nSPS) is 18.2. The van der Waals surface area contributed by atoms with Crippen LogP contribution in [0.25, 0.3) is 0 Å². The predicted octanol–water partition coefficient (Wildman–Crippen LogP) is 2.24. The second kappa shape index (κ2) is 6.36. The molecule has 1 fully saturated rings. The molecule has 2 amide bonds. The largest absolute Gasteiger partial charge is 0.453 e. The Morgan fingerprint density at radius 3 is 2.77 bits per heavy atom. The molecule has 1 atom stereocenters. The molecule has 2 rings (SSSR count). The molecule has 1 aliphatic heterocycles. The lowest BCUT2D eigenvalue weighted by Crippen LogP contribution is -2.48. The first-order valence-electron chi connectivity index (χ1n) is 7.31. The summed E-state index contributed by atoms with van der Waals surface area (Å²) in [5.74, 6) is -0.141. The Morgan fingerprint density at radius 1 is 1.41 bits per heavy atom. The van der Waals surface area contributed by atoms with Gasteiger partial charge in [0.2, 0.25) is 0 Å². The van der Waals surface area contributed by atoms with E-state index in [2.05, 4.69) is 10.1 Å². The molecule has 0 aliphatic carbocycles. The van der Waals surface area contributed by atoms with Crippen LogP contribution in [0.5, 0.6) is 0 Å². The molecule has 6 heteroatoms. The number of nitrogens with zero attached hydrogens (tertiary/aromatic N) is 1. The maximum atomic E-state index is 12.7. The van der Waals surface area contributed by atoms with E-state index in [9.17, 15) is 14.7 Å². The number of amides is 2. The average molecular weight is 306 g/mol. The highest BCUT2D eigenvalue weighted by Crippen LogP contribution is 2.28. The summed E-state index contributed by atoms with van der Waals surface area (Å²) in [6.07, 6.45) is 1.08. The Morgan fingerprint density at radius 2 is 2.14 bits per heavy atom. The van der Waals surface area contributed by atoms with E-state index in [1.807, 2.05) is 0 Å². The van der Waals surface area contributed by atoms with Gasteiger partial charge in [0.15, 0.2) is 0 Å². The van der Waals surface area contributed by atoms with Gasteiger partial charge in [-0.1, -0.05) is 6.07 Å². The standard InChI is InChI=1S/C16H22N2O4/c1-16(2,21)13-8-5-9-18(13)14(19)11-6-4-7-12(10-11)17-15(20)22-3/h4,6-7,10,13,21H,5,8-9H2,1-3H3,(H,17,20)/t13-/m1/s1. The third-order valence-electron chi connectivity index (χ3n) is 3.87. The molecule has 1 aliphatic rings. The molecule has 1 aromatic carbocycles. The first-order chi connectivity index (χ1) is 10.3. The molecular weight excluding hydrogens is 284 g/mol. The van der Waals surface area contributed by atoms with Crippen molar-refractivity contribution in [3.8, 4) is 0 Å². The van der Waals surface area contributed by atoms with Crippen molar-refractivity contribution in [2.45, 2.75) is 38.3 Å². The number of hydrogen-bond donors (Lipinski definition) is 2. The van der Waals surface area contributed by atoms with Gasteiger partial charge in [-0.2, -0.15) is 0 Å². The number of benzene rings is 1. The molecule has 0 radical (unpaired) electrons. The van der Waals surface area contributed by atoms with Crippen molar-refractivity contribution in [1.29, 1.82) is 0 Å². The van der Waals surface area contributed by atoms with E-state index in [1.54, 1.807) is 43.0 Å². The number of anilines is 1. The van der Waals surface area contributed by atoms with Gasteiger partial charge >= 0.3 is 6.09 Å². The van der Waals surface area contributed by atoms with E-state index >= 15 is 0 Å². The van der Waals surface area contributed by atoms with Gasteiger partial charge in [-0.3, -0.25) is 10.1 Å². The number of rotatable bonds is 3. The number of carbonyl (C=O) groups excluding carboxylic acids is 2. The molecule has 1 aromatic rings. The van der Waals surface area contributed by atoms with Gasteiger partial charge in [-0.05, 0) is 44.9 Å². The lowest BCUT2D eigenvalue weighted by molar-refractivity contribution is 0.000339. The van der Waals surface area contributed by atoms with Crippen LogP contribution in [0.15, 0.2) is 24.3 Å². The summed E-state index contributed by atoms with van der Waals surface area (Å²) in [5.41, 5.74) is 0.0374. The van der Waals surface area contributed by atoms with E-state index in [4.69, 9.17) is 0 Å². The molecule has 0 unspecified atom stereocenters. The van der Waals surface area contributed by atoms with E-state index in [0.717, 1.165) is 12.8 Å². The summed E-state index contributed by atoms with van der Waals surface area (Å²) in [4.78, 5) is 25.6. The third kappa shape index (κ3) is 3.57. The number of hydrogen-bond acceptors (Lipinski definition) is 4. The Kier molecular flexibility index (Phi) is 4.71. The lowest BCUT2D eigenvalue weighted by Gasteiger charge is -2.33. The number of carbonyl (C=O) groups is 2. The van der Waals surface area contributed by atoms with Crippen molar-refractivity contribution in [2.75, 3.05) is 19.0 Å². The van der Waals surface area contributed by atoms with Gasteiger partial charge in [-0.15, -0.1) is 0 Å². The maximum absolute atomic E-state index is 12.7. The van der Waals surface area contributed by atoms with Gasteiger partial charge in [0, 0.05) is 17.8 Å². The minimum absolute atomic E-state index is 0.141. The summed E-state index contributed by atoms with van der Waals surface area (Å²) >= 11 is 0. The molecule has 6 nitrogen and oxygen atoms in total. The zero-order chi connectivity index (χ0) is 16.3. The van der Waals surface area contributed by atoms with E-state index in [-0.39, 0.29) is 11.9 Å². The summed E-state index contributed by atoms with van der Waals surface area (Å²) in [6, 6.07) is 6.50. The van der Waals surface area contributed by atoms with Crippen molar-refractivity contribution in [3.63, 3.8) is 0 Å². The quantitative estimate of drug-likeness (QED) is 0.897. The van der Waals surface area contributed by atoms with E-state index < -0.39 is 11.7 Å². The van der Waals surface area contributed by atoms with Gasteiger partial charge in [0.1, 0.15) is 0 Å². The van der Waals surface area contributed by atoms with Gasteiger partial charge in [0.05, 0.1) is 18.8 Å². The van der Waals surface area contributed by atoms with Crippen LogP contribution in [-0.4, -0.2) is 47.3 Å². The molecule has 1 heterocycles. The summed E-state index contributed by atoms with van der Waals surface area (Å²) < 4.78 is 4.54. The summed E-state index contributed by atoms with van der Waals surface area (Å²) in [6.45, 7) is 4.07. The molecule has 0 aromatic heterocycles. The monoisotopic (exact) mass is 306 g/mol. The number of likely N-dealkylation sites (tertiary alicyclic amines) is 1. The Bertz CT molecular complexity index is 566. The Labute approximate surface area is 130 Å². The average Bonchev–Trinajstić information content (AvgIpc) is 2.96. The number of nitrogens with one attached hydrogen (secondary N) is 1. The van der Waals surface area contributed by atoms with Gasteiger partial charge < -0.3 is 14.7 Å². The lowest BCUT2D eigenvalue weighted by atomic mass is 9.96. The third-order valence-corrected chi connectivity index (χ3v) is 3.87. The molecule has 1 saturated heterocycles. The fourth-order valence-electron chi connectivity index (χ4n) is 2.81. The van der Waals surface area contributed by atoms with E-state index in [1.165, 1.54) is 7.11 Å². The fourth-order valence-corrected chi connectivity index (χ4v) is 2.81. The molecule has 0 saturated carbocycles. The van der Waals surface area contributed by atoms with Gasteiger partial charge in [-0.25, -0.2) is 4.79 Å². The second-order valence-electron chi connectivity index (χ2n) is 6.01. The van der Waals surface area contributed by atoms with Crippen molar-refractivity contribution in [1.82, 2.24) is 4.90 Å². The smallest absolute Gasteiger partial charge is 0.411 e. The minimum Gasteiger partial charge on any atom is -0.453 e. The number of ether oxygens (including phenoxy) is 1. The van der Waals surface area contributed by atoms with Crippen LogP contribution in [0.1, 0.15) is 37.0 Å². The molecule has 2 N–H and O–H groups in total. The molecule has 0 spiro atoms.